The van der Waals surface area contributed by atoms with Crippen LogP contribution >= 0.6 is 0 Å². The van der Waals surface area contributed by atoms with Crippen molar-refractivity contribution in [3.8, 4) is 0 Å². The van der Waals surface area contributed by atoms with Crippen LogP contribution in [0.1, 0.15) is 30.9 Å². The molecule has 1 aromatic carbocycles. The Morgan fingerprint density at radius 3 is 2.71 bits per heavy atom. The van der Waals surface area contributed by atoms with Gasteiger partial charge in [0.2, 0.25) is 5.91 Å². The van der Waals surface area contributed by atoms with Gasteiger partial charge in [-0.05, 0) is 24.1 Å². The van der Waals surface area contributed by atoms with Gasteiger partial charge in [0.15, 0.2) is 21.5 Å². The quantitative estimate of drug-likeness (QED) is 0.717. The second kappa shape index (κ2) is 7.92. The molecule has 152 valence electrons. The average Bonchev–Trinajstić information content (AvgIpc) is 3.01. The number of benzene rings is 1. The van der Waals surface area contributed by atoms with Crippen molar-refractivity contribution >= 4 is 27.4 Å². The monoisotopic (exact) mass is 415 g/mol. The van der Waals surface area contributed by atoms with Crippen molar-refractivity contribution in [1.82, 2.24) is 10.3 Å². The Kier molecular flexibility index (Phi) is 5.75. The summed E-state index contributed by atoms with van der Waals surface area (Å²) in [6.45, 7) is -0.269. The third-order valence-corrected chi connectivity index (χ3v) is 6.41. The molecule has 0 aromatic heterocycles. The second-order valence-electron chi connectivity index (χ2n) is 6.74. The van der Waals surface area contributed by atoms with E-state index in [4.69, 9.17) is 0 Å². The van der Waals surface area contributed by atoms with Crippen LogP contribution in [0, 0.1) is 11.6 Å². The number of carbonyl (C=O) groups is 2. The van der Waals surface area contributed by atoms with Crippen LogP contribution in [0.25, 0.3) is 0 Å². The summed E-state index contributed by atoms with van der Waals surface area (Å²) in [7, 11) is -3.22. The van der Waals surface area contributed by atoms with Gasteiger partial charge in [0, 0.05) is 19.4 Å². The van der Waals surface area contributed by atoms with Crippen LogP contribution in [-0.2, 0) is 19.4 Å². The molecule has 0 bridgehead atoms. The molecule has 28 heavy (non-hydrogen) atoms. The number of halogens is 2. The van der Waals surface area contributed by atoms with E-state index in [0.29, 0.717) is 0 Å². The average molecular weight is 415 g/mol. The Morgan fingerprint density at radius 2 is 2.07 bits per heavy atom. The molecule has 8 nitrogen and oxygen atoms in total. The molecule has 2 aliphatic rings. The Morgan fingerprint density at radius 1 is 1.32 bits per heavy atom. The number of amides is 2. The summed E-state index contributed by atoms with van der Waals surface area (Å²) in [6, 6.07) is 2.33. The minimum absolute atomic E-state index is 0.0223. The topological polar surface area (TPSA) is 116 Å². The second-order valence-corrected chi connectivity index (χ2v) is 8.97. The molecule has 2 atom stereocenters. The van der Waals surface area contributed by atoms with Crippen LogP contribution in [0.5, 0.6) is 0 Å². The van der Waals surface area contributed by atoms with E-state index in [-0.39, 0.29) is 54.5 Å². The van der Waals surface area contributed by atoms with Crippen molar-refractivity contribution in [2.24, 2.45) is 5.10 Å². The van der Waals surface area contributed by atoms with E-state index in [1.54, 1.807) is 0 Å². The molecule has 11 heteroatoms. The van der Waals surface area contributed by atoms with Gasteiger partial charge in [-0.2, -0.15) is 5.10 Å². The predicted molar refractivity (Wildman–Crippen MR) is 94.9 cm³/mol. The number of carbonyl (C=O) groups excluding carboxylic acids is 2. The maximum Gasteiger partial charge on any atom is 0.267 e. The smallest absolute Gasteiger partial charge is 0.267 e. The molecule has 2 unspecified atom stereocenters. The molecule has 0 radical (unpaired) electrons. The van der Waals surface area contributed by atoms with E-state index in [9.17, 15) is 31.9 Å². The van der Waals surface area contributed by atoms with Gasteiger partial charge in [-0.25, -0.2) is 22.2 Å². The lowest BCUT2D eigenvalue weighted by Gasteiger charge is -2.27. The summed E-state index contributed by atoms with van der Waals surface area (Å²) in [6.07, 6.45) is -0.890. The third kappa shape index (κ3) is 4.53. The lowest BCUT2D eigenvalue weighted by molar-refractivity contribution is -0.133. The highest BCUT2D eigenvalue weighted by Gasteiger charge is 2.37. The fourth-order valence-corrected chi connectivity index (χ4v) is 4.81. The number of nitrogens with one attached hydrogen (secondary N) is 1. The van der Waals surface area contributed by atoms with Gasteiger partial charge in [0.1, 0.15) is 5.71 Å². The molecule has 2 N–H and O–H groups in total. The largest absolute Gasteiger partial charge is 0.387 e. The SMILES string of the molecule is O=C(NCC(O)c1ccc(F)c(F)c1)C1=NN(C2CCS(=O)(=O)C2)C(=O)CC1. The van der Waals surface area contributed by atoms with Crippen molar-refractivity contribution in [1.29, 1.82) is 0 Å². The molecule has 1 fully saturated rings. The fourth-order valence-electron chi connectivity index (χ4n) is 3.12. The maximum absolute atomic E-state index is 13.2. The Labute approximate surface area is 160 Å². The molecular formula is C17H19F2N3O5S. The predicted octanol–water partition coefficient (Wildman–Crippen LogP) is 0.280. The number of aliphatic hydroxyl groups excluding tert-OH is 1. The molecule has 1 aromatic rings. The van der Waals surface area contributed by atoms with Crippen LogP contribution in [0.15, 0.2) is 23.3 Å². The van der Waals surface area contributed by atoms with Crippen molar-refractivity contribution in [2.75, 3.05) is 18.1 Å². The molecule has 0 aliphatic carbocycles. The van der Waals surface area contributed by atoms with Crippen LogP contribution in [0.2, 0.25) is 0 Å². The van der Waals surface area contributed by atoms with Crippen molar-refractivity contribution < 1.29 is 31.9 Å². The third-order valence-electron chi connectivity index (χ3n) is 4.66. The molecule has 2 heterocycles. The lowest BCUT2D eigenvalue weighted by atomic mass is 10.1. The first-order valence-corrected chi connectivity index (χ1v) is 10.5. The first kappa shape index (κ1) is 20.3. The maximum atomic E-state index is 13.2. The first-order valence-electron chi connectivity index (χ1n) is 8.67. The van der Waals surface area contributed by atoms with Crippen LogP contribution in [0.4, 0.5) is 8.78 Å². The van der Waals surface area contributed by atoms with E-state index < -0.39 is 39.5 Å². The molecule has 2 amide bonds. The van der Waals surface area contributed by atoms with Crippen LogP contribution in [-0.4, -0.2) is 60.2 Å². The Balaban J connectivity index is 1.63. The standard InChI is InChI=1S/C17H19F2N3O5S/c18-12-2-1-10(7-13(12)19)15(23)8-20-17(25)14-3-4-16(24)22(21-14)11-5-6-28(26,27)9-11/h1-2,7,11,15,23H,3-6,8-9H2,(H,20,25). The highest BCUT2D eigenvalue weighted by molar-refractivity contribution is 7.91. The molecule has 1 saturated heterocycles. The van der Waals surface area contributed by atoms with Gasteiger partial charge in [-0.3, -0.25) is 9.59 Å². The number of hydrogen-bond donors (Lipinski definition) is 2. The van der Waals surface area contributed by atoms with E-state index in [2.05, 4.69) is 10.4 Å². The fraction of sp³-hybridized carbons (Fsp3) is 0.471. The number of rotatable bonds is 5. The summed E-state index contributed by atoms with van der Waals surface area (Å²) in [5, 5.41) is 17.6. The summed E-state index contributed by atoms with van der Waals surface area (Å²) in [5.74, 6) is -3.35. The summed E-state index contributed by atoms with van der Waals surface area (Å²) in [5.41, 5.74) is 0.138. The van der Waals surface area contributed by atoms with E-state index in [0.717, 1.165) is 17.1 Å². The highest BCUT2D eigenvalue weighted by Crippen LogP contribution is 2.22. The minimum Gasteiger partial charge on any atom is -0.387 e. The van der Waals surface area contributed by atoms with Crippen LogP contribution < -0.4 is 5.32 Å². The molecule has 0 spiro atoms. The Hall–Kier alpha value is -2.40. The van der Waals surface area contributed by atoms with E-state index in [1.165, 1.54) is 6.07 Å². The molecule has 3 rings (SSSR count). The summed E-state index contributed by atoms with van der Waals surface area (Å²) < 4.78 is 49.4. The molecule has 2 aliphatic heterocycles. The molecular weight excluding hydrogens is 396 g/mol. The lowest BCUT2D eigenvalue weighted by Crippen LogP contribution is -2.44. The van der Waals surface area contributed by atoms with Gasteiger partial charge >= 0.3 is 0 Å². The Bertz CT molecular complexity index is 935. The zero-order valence-corrected chi connectivity index (χ0v) is 15.6. The van der Waals surface area contributed by atoms with E-state index >= 15 is 0 Å². The number of aliphatic hydroxyl groups is 1. The van der Waals surface area contributed by atoms with Crippen LogP contribution in [0.3, 0.4) is 0 Å². The number of hydrogen-bond acceptors (Lipinski definition) is 6. The molecule has 0 saturated carbocycles. The van der Waals surface area contributed by atoms with Crippen molar-refractivity contribution in [3.63, 3.8) is 0 Å². The number of sulfone groups is 1. The zero-order chi connectivity index (χ0) is 20.5. The van der Waals surface area contributed by atoms with Crippen molar-refractivity contribution in [3.05, 3.63) is 35.4 Å². The van der Waals surface area contributed by atoms with Gasteiger partial charge < -0.3 is 10.4 Å². The minimum atomic E-state index is -3.22. The first-order chi connectivity index (χ1) is 13.2. The van der Waals surface area contributed by atoms with Gasteiger partial charge in [0.05, 0.1) is 23.7 Å². The number of hydrazone groups is 1. The highest BCUT2D eigenvalue weighted by atomic mass is 32.2. The van der Waals surface area contributed by atoms with E-state index in [1.807, 2.05) is 0 Å². The van der Waals surface area contributed by atoms with Gasteiger partial charge in [-0.1, -0.05) is 6.07 Å². The zero-order valence-electron chi connectivity index (χ0n) is 14.8. The van der Waals surface area contributed by atoms with Crippen molar-refractivity contribution in [2.45, 2.75) is 31.4 Å². The summed E-state index contributed by atoms with van der Waals surface area (Å²) >= 11 is 0. The summed E-state index contributed by atoms with van der Waals surface area (Å²) in [4.78, 5) is 24.4. The normalized spacial score (nSPS) is 22.7. The van der Waals surface area contributed by atoms with Gasteiger partial charge in [-0.15, -0.1) is 0 Å². The van der Waals surface area contributed by atoms with Gasteiger partial charge in [0.25, 0.3) is 5.91 Å². The number of nitrogens with zero attached hydrogens (tertiary/aromatic N) is 2.